The van der Waals surface area contributed by atoms with Crippen molar-refractivity contribution in [3.63, 3.8) is 0 Å². The maximum Gasteiger partial charge on any atom is 0.162 e. The first kappa shape index (κ1) is 11.1. The van der Waals surface area contributed by atoms with E-state index >= 15 is 0 Å². The van der Waals surface area contributed by atoms with Gasteiger partial charge in [0, 0.05) is 27.9 Å². The molecule has 0 fully saturated rings. The summed E-state index contributed by atoms with van der Waals surface area (Å²) in [5, 5.41) is 12.4. The number of H-pyrrole nitrogens is 1. The molecule has 3 rings (SSSR count). The Hall–Kier alpha value is -2.00. The first-order valence-corrected chi connectivity index (χ1v) is 5.90. The summed E-state index contributed by atoms with van der Waals surface area (Å²) < 4.78 is 0. The summed E-state index contributed by atoms with van der Waals surface area (Å²) in [6.45, 7) is 1.48. The van der Waals surface area contributed by atoms with Gasteiger partial charge in [0.25, 0.3) is 0 Å². The van der Waals surface area contributed by atoms with Gasteiger partial charge in [-0.1, -0.05) is 35.9 Å². The molecule has 0 radical (unpaired) electrons. The molecule has 3 nitrogen and oxygen atoms in total. The monoisotopic (exact) mass is 259 g/mol. The molecule has 0 atom stereocenters. The number of nitrogens with one attached hydrogen (secondary N) is 1. The molecule has 2 aromatic carbocycles. The number of ketones is 1. The highest BCUT2D eigenvalue weighted by atomic mass is 35.5. The van der Waals surface area contributed by atoms with Crippen LogP contribution in [0.15, 0.2) is 30.5 Å². The predicted octanol–water partition coefficient (Wildman–Crippen LogP) is 3.88. The highest BCUT2D eigenvalue weighted by Gasteiger charge is 2.18. The smallest absolute Gasteiger partial charge is 0.162 e. The highest BCUT2D eigenvalue weighted by Crippen LogP contribution is 2.41. The summed E-state index contributed by atoms with van der Waals surface area (Å²) >= 11 is 6.17. The van der Waals surface area contributed by atoms with Gasteiger partial charge in [-0.25, -0.2) is 0 Å². The van der Waals surface area contributed by atoms with E-state index in [9.17, 15) is 9.90 Å². The molecule has 18 heavy (non-hydrogen) atoms. The lowest BCUT2D eigenvalue weighted by molar-refractivity contribution is 0.101. The summed E-state index contributed by atoms with van der Waals surface area (Å²) in [6.07, 6.45) is 1.63. The largest absolute Gasteiger partial charge is 0.506 e. The van der Waals surface area contributed by atoms with Crippen LogP contribution in [-0.2, 0) is 0 Å². The van der Waals surface area contributed by atoms with E-state index in [2.05, 4.69) is 4.98 Å². The Morgan fingerprint density at radius 1 is 1.28 bits per heavy atom. The van der Waals surface area contributed by atoms with Crippen molar-refractivity contribution in [1.29, 1.82) is 0 Å². The summed E-state index contributed by atoms with van der Waals surface area (Å²) in [7, 11) is 0. The van der Waals surface area contributed by atoms with Crippen molar-refractivity contribution in [2.75, 3.05) is 0 Å². The van der Waals surface area contributed by atoms with Gasteiger partial charge in [-0.15, -0.1) is 0 Å². The number of phenols is 1. The Kier molecular flexibility index (Phi) is 2.31. The fraction of sp³-hybridized carbons (Fsp3) is 0.0714. The number of hydrogen-bond donors (Lipinski definition) is 2. The van der Waals surface area contributed by atoms with Crippen molar-refractivity contribution in [3.05, 3.63) is 41.0 Å². The number of carbonyl (C=O) groups excluding carboxylic acids is 1. The van der Waals surface area contributed by atoms with E-state index < -0.39 is 0 Å². The Morgan fingerprint density at radius 3 is 2.61 bits per heavy atom. The van der Waals surface area contributed by atoms with Gasteiger partial charge in [0.05, 0.1) is 10.5 Å². The van der Waals surface area contributed by atoms with Gasteiger partial charge in [0.15, 0.2) is 5.78 Å². The van der Waals surface area contributed by atoms with Crippen LogP contribution in [0.25, 0.3) is 21.7 Å². The fourth-order valence-electron chi connectivity index (χ4n) is 2.29. The van der Waals surface area contributed by atoms with Gasteiger partial charge >= 0.3 is 0 Å². The Labute approximate surface area is 108 Å². The molecule has 0 saturated carbocycles. The topological polar surface area (TPSA) is 53.1 Å². The van der Waals surface area contributed by atoms with Gasteiger partial charge in [0.2, 0.25) is 0 Å². The molecule has 2 N–H and O–H groups in total. The van der Waals surface area contributed by atoms with Crippen molar-refractivity contribution < 1.29 is 9.90 Å². The lowest BCUT2D eigenvalue weighted by Crippen LogP contribution is -1.90. The number of Topliss-reactive ketones (excluding diaryl/α,β-unsaturated/α-hetero) is 1. The van der Waals surface area contributed by atoms with Crippen LogP contribution in [0, 0.1) is 0 Å². The summed E-state index contributed by atoms with van der Waals surface area (Å²) in [5.74, 6) is -0.0697. The number of aromatic amines is 1. The van der Waals surface area contributed by atoms with Crippen LogP contribution in [0.3, 0.4) is 0 Å². The molecule has 3 aromatic rings. The average Bonchev–Trinajstić information content (AvgIpc) is 2.81. The molecule has 0 saturated heterocycles. The number of rotatable bonds is 1. The molecule has 1 aromatic heterocycles. The van der Waals surface area contributed by atoms with Crippen LogP contribution in [0.4, 0.5) is 0 Å². The first-order chi connectivity index (χ1) is 8.61. The quantitative estimate of drug-likeness (QED) is 0.652. The van der Waals surface area contributed by atoms with Crippen LogP contribution >= 0.6 is 11.6 Å². The number of halogens is 1. The van der Waals surface area contributed by atoms with Crippen molar-refractivity contribution in [3.8, 4) is 5.75 Å². The van der Waals surface area contributed by atoms with Crippen molar-refractivity contribution in [2.24, 2.45) is 0 Å². The minimum Gasteiger partial charge on any atom is -0.506 e. The van der Waals surface area contributed by atoms with Gasteiger partial charge in [-0.3, -0.25) is 4.79 Å². The third kappa shape index (κ3) is 1.34. The molecule has 90 valence electrons. The lowest BCUT2D eigenvalue weighted by atomic mass is 10.0. The number of carbonyl (C=O) groups is 1. The molecular weight excluding hydrogens is 250 g/mol. The van der Waals surface area contributed by atoms with E-state index in [1.54, 1.807) is 12.3 Å². The molecule has 0 unspecified atom stereocenters. The summed E-state index contributed by atoms with van der Waals surface area (Å²) in [4.78, 5) is 14.6. The van der Waals surface area contributed by atoms with E-state index in [-0.39, 0.29) is 16.6 Å². The second-order valence-electron chi connectivity index (χ2n) is 4.22. The maximum atomic E-state index is 11.6. The normalized spacial score (nSPS) is 11.2. The molecule has 0 bridgehead atoms. The molecule has 1 heterocycles. The van der Waals surface area contributed by atoms with Gasteiger partial charge in [0.1, 0.15) is 5.75 Å². The predicted molar refractivity (Wildman–Crippen MR) is 72.5 cm³/mol. The van der Waals surface area contributed by atoms with Crippen molar-refractivity contribution in [2.45, 2.75) is 6.92 Å². The van der Waals surface area contributed by atoms with E-state index in [4.69, 9.17) is 11.6 Å². The van der Waals surface area contributed by atoms with Crippen molar-refractivity contribution in [1.82, 2.24) is 4.98 Å². The summed E-state index contributed by atoms with van der Waals surface area (Å²) in [5.41, 5.74) is 1.27. The molecule has 4 heteroatoms. The van der Waals surface area contributed by atoms with Gasteiger partial charge in [-0.2, -0.15) is 0 Å². The van der Waals surface area contributed by atoms with Crippen LogP contribution in [0.1, 0.15) is 17.3 Å². The van der Waals surface area contributed by atoms with Crippen molar-refractivity contribution >= 4 is 39.1 Å². The van der Waals surface area contributed by atoms with Gasteiger partial charge in [-0.05, 0) is 6.92 Å². The zero-order chi connectivity index (χ0) is 12.9. The minimum atomic E-state index is -0.0853. The zero-order valence-electron chi connectivity index (χ0n) is 9.62. The fourth-order valence-corrected chi connectivity index (χ4v) is 2.58. The Morgan fingerprint density at radius 2 is 1.94 bits per heavy atom. The Balaban J connectivity index is 2.62. The molecule has 0 spiro atoms. The van der Waals surface area contributed by atoms with Crippen LogP contribution in [0.5, 0.6) is 5.75 Å². The van der Waals surface area contributed by atoms with Crippen LogP contribution < -0.4 is 0 Å². The number of phenolic OH excluding ortho intramolecular Hbond substituents is 1. The molecule has 0 aliphatic carbocycles. The van der Waals surface area contributed by atoms with Crippen LogP contribution in [-0.4, -0.2) is 15.9 Å². The maximum absolute atomic E-state index is 11.6. The van der Waals surface area contributed by atoms with Crippen LogP contribution in [0.2, 0.25) is 5.02 Å². The van der Waals surface area contributed by atoms with E-state index in [0.29, 0.717) is 16.3 Å². The van der Waals surface area contributed by atoms with E-state index in [0.717, 1.165) is 10.9 Å². The zero-order valence-corrected chi connectivity index (χ0v) is 10.4. The Bertz CT molecular complexity index is 789. The lowest BCUT2D eigenvalue weighted by Gasteiger charge is -2.06. The van der Waals surface area contributed by atoms with E-state index in [1.807, 2.05) is 18.2 Å². The molecule has 0 aliphatic rings. The molecular formula is C14H10ClNO2. The average molecular weight is 260 g/mol. The number of aromatic hydroxyl groups is 1. The second-order valence-corrected chi connectivity index (χ2v) is 4.59. The van der Waals surface area contributed by atoms with E-state index in [1.165, 1.54) is 6.92 Å². The number of benzene rings is 2. The second kappa shape index (κ2) is 3.75. The molecule has 0 aliphatic heterocycles. The number of aromatic nitrogens is 1. The number of fused-ring (bicyclic) bond motifs is 3. The first-order valence-electron chi connectivity index (χ1n) is 5.52. The SMILES string of the molecule is CC(=O)c1c[nH]c2c1c(Cl)c(O)c1ccccc12. The highest BCUT2D eigenvalue weighted by molar-refractivity contribution is 6.41. The summed E-state index contributed by atoms with van der Waals surface area (Å²) in [6, 6.07) is 7.39. The number of hydrogen-bond acceptors (Lipinski definition) is 2. The molecule has 0 amide bonds. The van der Waals surface area contributed by atoms with Gasteiger partial charge < -0.3 is 10.1 Å². The standard InChI is InChI=1S/C14H10ClNO2/c1-7(17)10-6-16-13-8-4-2-3-5-9(8)14(18)12(15)11(10)13/h2-6,16,18H,1H3. The third-order valence-electron chi connectivity index (χ3n) is 3.14. The minimum absolute atomic E-state index is 0.0156. The third-order valence-corrected chi connectivity index (χ3v) is 3.51.